The Labute approximate surface area is 443 Å². The molecule has 0 unspecified atom stereocenters. The van der Waals surface area contributed by atoms with Crippen molar-refractivity contribution < 1.29 is 0 Å². The molecule has 0 amide bonds. The molecule has 1 aromatic heterocycles. The molecule has 0 saturated carbocycles. The van der Waals surface area contributed by atoms with Gasteiger partial charge in [-0.25, -0.2) is 9.97 Å². The van der Waals surface area contributed by atoms with E-state index in [4.69, 9.17) is 9.97 Å². The Hall–Kier alpha value is -9.50. The molecule has 0 N–H and O–H groups in total. The molecule has 1 heterocycles. The second-order valence-electron chi connectivity index (χ2n) is 21.1. The number of aromatic nitrogens is 2. The summed E-state index contributed by atoms with van der Waals surface area (Å²) in [5.74, 6) is 0.691. The maximum atomic E-state index is 5.49. The van der Waals surface area contributed by atoms with E-state index in [2.05, 4.69) is 281 Å². The van der Waals surface area contributed by atoms with Crippen molar-refractivity contribution in [3.8, 4) is 78.4 Å². The van der Waals surface area contributed by atoms with E-state index in [0.29, 0.717) is 5.82 Å². The summed E-state index contributed by atoms with van der Waals surface area (Å²) >= 11 is 0. The van der Waals surface area contributed by atoms with Crippen LogP contribution in [-0.4, -0.2) is 9.97 Å². The van der Waals surface area contributed by atoms with Gasteiger partial charge in [-0.1, -0.05) is 269 Å². The summed E-state index contributed by atoms with van der Waals surface area (Å²) in [6.07, 6.45) is 0. The van der Waals surface area contributed by atoms with Gasteiger partial charge in [-0.05, 0) is 122 Å². The highest BCUT2D eigenvalue weighted by atomic mass is 14.9. The molecule has 0 fully saturated rings. The van der Waals surface area contributed by atoms with E-state index in [1.54, 1.807) is 0 Å². The summed E-state index contributed by atoms with van der Waals surface area (Å²) in [6.45, 7) is 4.76. The summed E-state index contributed by atoms with van der Waals surface area (Å²) in [5, 5.41) is 7.38. The number of nitrogens with zero attached hydrogens (tertiary/aromatic N) is 2. The molecule has 13 aromatic rings. The molecule has 15 rings (SSSR count). The third-order valence-corrected chi connectivity index (χ3v) is 16.8. The average molecular weight is 967 g/mol. The van der Waals surface area contributed by atoms with Crippen molar-refractivity contribution >= 4 is 32.3 Å². The lowest BCUT2D eigenvalue weighted by Gasteiger charge is -2.33. The smallest absolute Gasteiger partial charge is 0.160 e. The quantitative estimate of drug-likeness (QED) is 0.159. The summed E-state index contributed by atoms with van der Waals surface area (Å²) in [5.41, 5.74) is 22.0. The van der Waals surface area contributed by atoms with Crippen molar-refractivity contribution in [2.75, 3.05) is 0 Å². The highest BCUT2D eigenvalue weighted by molar-refractivity contribution is 6.13. The van der Waals surface area contributed by atoms with Gasteiger partial charge in [-0.2, -0.15) is 0 Å². The van der Waals surface area contributed by atoms with Gasteiger partial charge in [0.05, 0.1) is 16.8 Å². The van der Waals surface area contributed by atoms with Crippen LogP contribution in [0, 0.1) is 0 Å². The Balaban J connectivity index is 0.889. The minimum absolute atomic E-state index is 0.128. The van der Waals surface area contributed by atoms with Crippen LogP contribution in [0.4, 0.5) is 0 Å². The van der Waals surface area contributed by atoms with Crippen LogP contribution in [0.2, 0.25) is 0 Å². The zero-order valence-electron chi connectivity index (χ0n) is 42.3. The van der Waals surface area contributed by atoms with Gasteiger partial charge < -0.3 is 0 Å². The summed E-state index contributed by atoms with van der Waals surface area (Å²) < 4.78 is 0. The minimum atomic E-state index is -0.530. The van der Waals surface area contributed by atoms with Crippen molar-refractivity contribution in [1.29, 1.82) is 0 Å². The first kappa shape index (κ1) is 44.0. The van der Waals surface area contributed by atoms with E-state index in [9.17, 15) is 0 Å². The number of benzene rings is 12. The molecule has 0 radical (unpaired) electrons. The van der Waals surface area contributed by atoms with Gasteiger partial charge in [0.25, 0.3) is 0 Å². The molecule has 0 aliphatic heterocycles. The molecule has 2 heteroatoms. The van der Waals surface area contributed by atoms with Crippen LogP contribution < -0.4 is 0 Å². The monoisotopic (exact) mass is 966 g/mol. The van der Waals surface area contributed by atoms with E-state index in [0.717, 1.165) is 33.5 Å². The summed E-state index contributed by atoms with van der Waals surface area (Å²) in [6, 6.07) is 98.1. The van der Waals surface area contributed by atoms with Gasteiger partial charge >= 0.3 is 0 Å². The SMILES string of the molecule is CC1(C)c2cc(-c3ccc(-c4ccc(-c5cc(-c6cccc7c6-c6ccccc6C7(c6ccccc6)c6ccccc6)nc(-c6ccccc6)n5)c5ccccc45)c4ccccc34)ccc2-c2c1ccc1ccccc21. The number of fused-ring (bicyclic) bond motifs is 10. The number of rotatable bonds is 7. The first-order valence-electron chi connectivity index (χ1n) is 26.5. The van der Waals surface area contributed by atoms with Gasteiger partial charge in [-0.3, -0.25) is 0 Å². The third kappa shape index (κ3) is 6.47. The van der Waals surface area contributed by atoms with Gasteiger partial charge in [-0.15, -0.1) is 0 Å². The maximum Gasteiger partial charge on any atom is 0.160 e. The molecular formula is C74H50N2. The fourth-order valence-corrected chi connectivity index (χ4v) is 13.4. The molecule has 0 bridgehead atoms. The van der Waals surface area contributed by atoms with Crippen LogP contribution in [0.3, 0.4) is 0 Å². The van der Waals surface area contributed by atoms with Crippen molar-refractivity contribution in [2.24, 2.45) is 0 Å². The normalized spacial score (nSPS) is 13.6. The lowest BCUT2D eigenvalue weighted by atomic mass is 9.67. The zero-order valence-corrected chi connectivity index (χ0v) is 42.3. The Kier molecular flexibility index (Phi) is 9.86. The van der Waals surface area contributed by atoms with Crippen molar-refractivity contribution in [3.63, 3.8) is 0 Å². The Morgan fingerprint density at radius 1 is 0.276 bits per heavy atom. The molecule has 2 aliphatic rings. The molecule has 12 aromatic carbocycles. The highest BCUT2D eigenvalue weighted by Gasteiger charge is 2.47. The standard InChI is InChI=1S/C74H50N2/c1-73(2)65-44-38-47-21-12-13-28-53(47)70(65)62-39-37-49(45-67(62)73)52-40-41-58(55-30-15-14-29-54(52)55)59-42-43-60(57-32-17-16-31-56(57)59)68-46-69(76-72(75-68)48-22-6-3-7-23-48)63-34-20-36-66-71(63)61-33-18-19-35-64(61)74(66,50-24-8-4-9-25-50)51-26-10-5-11-27-51/h3-46H,1-2H3. The molecule has 2 aliphatic carbocycles. The first-order chi connectivity index (χ1) is 37.5. The minimum Gasteiger partial charge on any atom is -0.228 e. The maximum absolute atomic E-state index is 5.49. The zero-order chi connectivity index (χ0) is 50.5. The van der Waals surface area contributed by atoms with Gasteiger partial charge in [0.2, 0.25) is 0 Å². The number of hydrogen-bond donors (Lipinski definition) is 0. The van der Waals surface area contributed by atoms with Crippen LogP contribution >= 0.6 is 0 Å². The van der Waals surface area contributed by atoms with E-state index < -0.39 is 5.41 Å². The predicted octanol–water partition coefficient (Wildman–Crippen LogP) is 18.9. The van der Waals surface area contributed by atoms with Crippen molar-refractivity contribution in [3.05, 3.63) is 300 Å². The van der Waals surface area contributed by atoms with Crippen LogP contribution in [0.25, 0.3) is 111 Å². The second kappa shape index (κ2) is 17.0. The second-order valence-corrected chi connectivity index (χ2v) is 21.1. The first-order valence-corrected chi connectivity index (χ1v) is 26.5. The lowest BCUT2D eigenvalue weighted by molar-refractivity contribution is 0.661. The number of hydrogen-bond acceptors (Lipinski definition) is 2. The molecule has 0 saturated heterocycles. The highest BCUT2D eigenvalue weighted by Crippen LogP contribution is 2.59. The van der Waals surface area contributed by atoms with Crippen LogP contribution in [0.1, 0.15) is 47.2 Å². The molecule has 356 valence electrons. The fraction of sp³-hybridized carbons (Fsp3) is 0.0541. The Bertz CT molecular complexity index is 4440. The van der Waals surface area contributed by atoms with Gasteiger partial charge in [0.15, 0.2) is 5.82 Å². The van der Waals surface area contributed by atoms with Crippen LogP contribution in [0.15, 0.2) is 267 Å². The van der Waals surface area contributed by atoms with Crippen LogP contribution in [-0.2, 0) is 10.8 Å². The largest absolute Gasteiger partial charge is 0.228 e. The van der Waals surface area contributed by atoms with Crippen molar-refractivity contribution in [2.45, 2.75) is 24.7 Å². The Morgan fingerprint density at radius 2 is 0.763 bits per heavy atom. The van der Waals surface area contributed by atoms with Crippen LogP contribution in [0.5, 0.6) is 0 Å². The summed E-state index contributed by atoms with van der Waals surface area (Å²) in [4.78, 5) is 11.0. The molecule has 0 spiro atoms. The summed E-state index contributed by atoms with van der Waals surface area (Å²) in [7, 11) is 0. The van der Waals surface area contributed by atoms with E-state index in [-0.39, 0.29) is 5.41 Å². The molecular weight excluding hydrogens is 917 g/mol. The fourth-order valence-electron chi connectivity index (χ4n) is 13.4. The Morgan fingerprint density at radius 3 is 1.45 bits per heavy atom. The van der Waals surface area contributed by atoms with E-state index in [1.165, 1.54) is 105 Å². The lowest BCUT2D eigenvalue weighted by Crippen LogP contribution is -2.28. The van der Waals surface area contributed by atoms with Crippen molar-refractivity contribution in [1.82, 2.24) is 9.97 Å². The average Bonchev–Trinajstić information content (AvgIpc) is 4.03. The van der Waals surface area contributed by atoms with Gasteiger partial charge in [0.1, 0.15) is 0 Å². The topological polar surface area (TPSA) is 25.8 Å². The van der Waals surface area contributed by atoms with E-state index >= 15 is 0 Å². The molecule has 0 atom stereocenters. The molecule has 76 heavy (non-hydrogen) atoms. The molecule has 2 nitrogen and oxygen atoms in total. The predicted molar refractivity (Wildman–Crippen MR) is 317 cm³/mol. The third-order valence-electron chi connectivity index (χ3n) is 16.8. The van der Waals surface area contributed by atoms with Gasteiger partial charge in [0, 0.05) is 22.1 Å². The van der Waals surface area contributed by atoms with E-state index in [1.807, 2.05) is 0 Å².